The van der Waals surface area contributed by atoms with E-state index in [0.29, 0.717) is 19.7 Å². The van der Waals surface area contributed by atoms with Gasteiger partial charge in [-0.25, -0.2) is 0 Å². The highest BCUT2D eigenvalue weighted by Crippen LogP contribution is 2.26. The molecule has 0 aromatic heterocycles. The van der Waals surface area contributed by atoms with Crippen molar-refractivity contribution in [2.24, 2.45) is 5.92 Å². The van der Waals surface area contributed by atoms with Crippen molar-refractivity contribution in [2.45, 2.75) is 39.3 Å². The van der Waals surface area contributed by atoms with Crippen LogP contribution in [0.15, 0.2) is 24.3 Å². The van der Waals surface area contributed by atoms with Gasteiger partial charge in [-0.2, -0.15) is 0 Å². The minimum Gasteiger partial charge on any atom is -0.398 e. The van der Waals surface area contributed by atoms with Gasteiger partial charge in [0.15, 0.2) is 0 Å². The van der Waals surface area contributed by atoms with Gasteiger partial charge < -0.3 is 15.4 Å². The van der Waals surface area contributed by atoms with Crippen LogP contribution in [0.25, 0.3) is 0 Å². The predicted molar refractivity (Wildman–Crippen MR) is 80.1 cm³/mol. The van der Waals surface area contributed by atoms with E-state index in [-0.39, 0.29) is 17.9 Å². The smallest absolute Gasteiger partial charge is 0.228 e. The summed E-state index contributed by atoms with van der Waals surface area (Å²) in [5, 5.41) is 0. The zero-order chi connectivity index (χ0) is 14.5. The van der Waals surface area contributed by atoms with Crippen molar-refractivity contribution in [1.82, 2.24) is 4.90 Å². The van der Waals surface area contributed by atoms with E-state index in [0.717, 1.165) is 24.1 Å². The fraction of sp³-hybridized carbons (Fsp3) is 0.562. The first-order valence-electron chi connectivity index (χ1n) is 7.41. The molecule has 1 fully saturated rings. The van der Waals surface area contributed by atoms with Gasteiger partial charge in [0.25, 0.3) is 0 Å². The molecule has 1 saturated heterocycles. The number of nitrogens with zero attached hydrogens (tertiary/aromatic N) is 1. The Morgan fingerprint density at radius 2 is 2.15 bits per heavy atom. The first-order chi connectivity index (χ1) is 9.67. The molecule has 2 atom stereocenters. The van der Waals surface area contributed by atoms with Crippen LogP contribution in [0.4, 0.5) is 5.69 Å². The summed E-state index contributed by atoms with van der Waals surface area (Å²) in [5.41, 5.74) is 7.72. The van der Waals surface area contributed by atoms with Crippen molar-refractivity contribution in [2.75, 3.05) is 18.9 Å². The van der Waals surface area contributed by atoms with Crippen LogP contribution in [-0.4, -0.2) is 30.1 Å². The summed E-state index contributed by atoms with van der Waals surface area (Å²) in [6, 6.07) is 7.72. The van der Waals surface area contributed by atoms with E-state index >= 15 is 0 Å². The topological polar surface area (TPSA) is 55.6 Å². The molecule has 1 aliphatic heterocycles. The maximum atomic E-state index is 12.7. The van der Waals surface area contributed by atoms with E-state index in [1.807, 2.05) is 36.1 Å². The zero-order valence-corrected chi connectivity index (χ0v) is 12.3. The predicted octanol–water partition coefficient (Wildman–Crippen LogP) is 2.43. The van der Waals surface area contributed by atoms with Crippen LogP contribution < -0.4 is 5.73 Å². The highest BCUT2D eigenvalue weighted by Gasteiger charge is 2.35. The standard InChI is InChI=1S/C16H24N2O2/c1-3-15-13(9-10-20-15)16(19)18(4-2)11-12-7-5-6-8-14(12)17/h5-8,13,15H,3-4,9-11,17H2,1-2H3. The fourth-order valence-electron chi connectivity index (χ4n) is 2.80. The third-order valence-electron chi connectivity index (χ3n) is 4.04. The Morgan fingerprint density at radius 3 is 2.80 bits per heavy atom. The number of hydrogen-bond acceptors (Lipinski definition) is 3. The first-order valence-corrected chi connectivity index (χ1v) is 7.41. The van der Waals surface area contributed by atoms with E-state index in [2.05, 4.69) is 6.92 Å². The molecule has 110 valence electrons. The van der Waals surface area contributed by atoms with E-state index in [1.165, 1.54) is 0 Å². The average molecular weight is 276 g/mol. The van der Waals surface area contributed by atoms with Gasteiger partial charge in [-0.1, -0.05) is 25.1 Å². The molecule has 1 amide bonds. The molecule has 20 heavy (non-hydrogen) atoms. The van der Waals surface area contributed by atoms with Crippen LogP contribution in [-0.2, 0) is 16.1 Å². The Hall–Kier alpha value is -1.55. The lowest BCUT2D eigenvalue weighted by Gasteiger charge is -2.26. The molecule has 2 unspecified atom stereocenters. The molecule has 4 heteroatoms. The highest BCUT2D eigenvalue weighted by atomic mass is 16.5. The second-order valence-electron chi connectivity index (χ2n) is 5.26. The Kier molecular flexibility index (Phi) is 5.01. The molecule has 1 heterocycles. The van der Waals surface area contributed by atoms with E-state index in [9.17, 15) is 4.79 Å². The number of benzene rings is 1. The molecule has 1 aliphatic rings. The molecule has 1 aromatic carbocycles. The van der Waals surface area contributed by atoms with Gasteiger partial charge in [0.1, 0.15) is 0 Å². The summed E-state index contributed by atoms with van der Waals surface area (Å²) in [6.45, 7) is 6.05. The van der Waals surface area contributed by atoms with Gasteiger partial charge in [0.05, 0.1) is 12.0 Å². The Morgan fingerprint density at radius 1 is 1.40 bits per heavy atom. The highest BCUT2D eigenvalue weighted by molar-refractivity contribution is 5.80. The Bertz CT molecular complexity index is 462. The van der Waals surface area contributed by atoms with Crippen LogP contribution in [0, 0.1) is 5.92 Å². The maximum Gasteiger partial charge on any atom is 0.228 e. The van der Waals surface area contributed by atoms with Crippen LogP contribution >= 0.6 is 0 Å². The van der Waals surface area contributed by atoms with Gasteiger partial charge in [-0.3, -0.25) is 4.79 Å². The van der Waals surface area contributed by atoms with Crippen LogP contribution in [0.1, 0.15) is 32.3 Å². The minimum absolute atomic E-state index is 0.00452. The van der Waals surface area contributed by atoms with Crippen molar-refractivity contribution < 1.29 is 9.53 Å². The summed E-state index contributed by atoms with van der Waals surface area (Å²) in [4.78, 5) is 14.5. The van der Waals surface area contributed by atoms with Crippen molar-refractivity contribution in [1.29, 1.82) is 0 Å². The van der Waals surface area contributed by atoms with E-state index in [4.69, 9.17) is 10.5 Å². The molecule has 0 saturated carbocycles. The molecule has 4 nitrogen and oxygen atoms in total. The second-order valence-corrected chi connectivity index (χ2v) is 5.26. The van der Waals surface area contributed by atoms with Crippen LogP contribution in [0.3, 0.4) is 0 Å². The number of amides is 1. The van der Waals surface area contributed by atoms with Crippen molar-refractivity contribution in [3.63, 3.8) is 0 Å². The second kappa shape index (κ2) is 6.75. The summed E-state index contributed by atoms with van der Waals surface area (Å²) in [7, 11) is 0. The first kappa shape index (κ1) is 14.9. The van der Waals surface area contributed by atoms with Crippen molar-refractivity contribution in [3.05, 3.63) is 29.8 Å². The average Bonchev–Trinajstić information content (AvgIpc) is 2.94. The Labute approximate surface area is 120 Å². The van der Waals surface area contributed by atoms with Gasteiger partial charge in [0.2, 0.25) is 5.91 Å². The summed E-state index contributed by atoms with van der Waals surface area (Å²) in [5.74, 6) is 0.199. The lowest BCUT2D eigenvalue weighted by atomic mass is 9.97. The minimum atomic E-state index is 0.00452. The lowest BCUT2D eigenvalue weighted by molar-refractivity contribution is -0.137. The number of anilines is 1. The molecule has 2 rings (SSSR count). The Balaban J connectivity index is 2.08. The van der Waals surface area contributed by atoms with Gasteiger partial charge in [0, 0.05) is 25.4 Å². The summed E-state index contributed by atoms with van der Waals surface area (Å²) in [6.07, 6.45) is 1.80. The fourth-order valence-corrected chi connectivity index (χ4v) is 2.80. The van der Waals surface area contributed by atoms with Crippen LogP contribution in [0.5, 0.6) is 0 Å². The number of hydrogen-bond donors (Lipinski definition) is 1. The zero-order valence-electron chi connectivity index (χ0n) is 12.3. The molecule has 0 spiro atoms. The third kappa shape index (κ3) is 3.12. The molecule has 2 N–H and O–H groups in total. The summed E-state index contributed by atoms with van der Waals surface area (Å²) >= 11 is 0. The van der Waals surface area contributed by atoms with E-state index < -0.39 is 0 Å². The molecular formula is C16H24N2O2. The lowest BCUT2D eigenvalue weighted by Crippen LogP contribution is -2.38. The quantitative estimate of drug-likeness (QED) is 0.840. The molecule has 0 radical (unpaired) electrons. The summed E-state index contributed by atoms with van der Waals surface area (Å²) < 4.78 is 5.63. The monoisotopic (exact) mass is 276 g/mol. The van der Waals surface area contributed by atoms with Gasteiger partial charge in [-0.15, -0.1) is 0 Å². The normalized spacial score (nSPS) is 21.9. The number of rotatable bonds is 5. The molecular weight excluding hydrogens is 252 g/mol. The largest absolute Gasteiger partial charge is 0.398 e. The van der Waals surface area contributed by atoms with Gasteiger partial charge in [-0.05, 0) is 31.4 Å². The number of ether oxygens (including phenoxy) is 1. The van der Waals surface area contributed by atoms with Gasteiger partial charge >= 0.3 is 0 Å². The number of nitrogens with two attached hydrogens (primary N) is 1. The van der Waals surface area contributed by atoms with Crippen LogP contribution in [0.2, 0.25) is 0 Å². The maximum absolute atomic E-state index is 12.7. The SMILES string of the molecule is CCC1OCCC1C(=O)N(CC)Cc1ccccc1N. The number of carbonyl (C=O) groups excluding carboxylic acids is 1. The molecule has 0 bridgehead atoms. The third-order valence-corrected chi connectivity index (χ3v) is 4.04. The number of para-hydroxylation sites is 1. The molecule has 1 aromatic rings. The number of nitrogen functional groups attached to an aromatic ring is 1. The van der Waals surface area contributed by atoms with Crippen molar-refractivity contribution >= 4 is 11.6 Å². The van der Waals surface area contributed by atoms with Crippen molar-refractivity contribution in [3.8, 4) is 0 Å². The van der Waals surface area contributed by atoms with E-state index in [1.54, 1.807) is 0 Å². The number of carbonyl (C=O) groups is 1. The molecule has 0 aliphatic carbocycles.